The van der Waals surface area contributed by atoms with Crippen LogP contribution in [0, 0.1) is 5.92 Å². The lowest BCUT2D eigenvalue weighted by molar-refractivity contribution is -0.130. The monoisotopic (exact) mass is 363 g/mol. The number of amides is 2. The number of hydrogen-bond acceptors (Lipinski definition) is 2. The van der Waals surface area contributed by atoms with Crippen LogP contribution in [0.15, 0.2) is 60.8 Å². The van der Waals surface area contributed by atoms with E-state index in [1.807, 2.05) is 74.6 Å². The smallest absolute Gasteiger partial charge is 0.243 e. The number of carbonyl (C=O) groups is 2. The Labute approximate surface area is 159 Å². The van der Waals surface area contributed by atoms with E-state index < -0.39 is 6.04 Å². The van der Waals surface area contributed by atoms with E-state index in [1.54, 1.807) is 0 Å². The van der Waals surface area contributed by atoms with Crippen molar-refractivity contribution >= 4 is 22.7 Å². The number of rotatable bonds is 7. The summed E-state index contributed by atoms with van der Waals surface area (Å²) in [6, 6.07) is 17.1. The van der Waals surface area contributed by atoms with E-state index in [0.717, 1.165) is 22.0 Å². The second-order valence-electron chi connectivity index (χ2n) is 6.98. The van der Waals surface area contributed by atoms with E-state index in [2.05, 4.69) is 15.6 Å². The van der Waals surface area contributed by atoms with Crippen molar-refractivity contribution in [2.75, 3.05) is 0 Å². The van der Waals surface area contributed by atoms with Gasteiger partial charge in [0.05, 0.1) is 0 Å². The van der Waals surface area contributed by atoms with E-state index in [4.69, 9.17) is 0 Å². The number of nitrogens with one attached hydrogen (secondary N) is 3. The Morgan fingerprint density at radius 1 is 0.963 bits per heavy atom. The van der Waals surface area contributed by atoms with Crippen molar-refractivity contribution in [2.24, 2.45) is 5.92 Å². The molecule has 1 aromatic heterocycles. The first-order valence-corrected chi connectivity index (χ1v) is 9.21. The van der Waals surface area contributed by atoms with Crippen LogP contribution in [-0.2, 0) is 22.6 Å². The summed E-state index contributed by atoms with van der Waals surface area (Å²) in [5, 5.41) is 6.90. The van der Waals surface area contributed by atoms with Crippen molar-refractivity contribution in [3.63, 3.8) is 0 Å². The van der Waals surface area contributed by atoms with E-state index in [9.17, 15) is 9.59 Å². The van der Waals surface area contributed by atoms with E-state index in [-0.39, 0.29) is 17.7 Å². The Balaban J connectivity index is 1.75. The zero-order chi connectivity index (χ0) is 19.2. The van der Waals surface area contributed by atoms with Crippen molar-refractivity contribution in [1.82, 2.24) is 15.6 Å². The molecule has 0 bridgehead atoms. The van der Waals surface area contributed by atoms with Gasteiger partial charge in [0.2, 0.25) is 11.8 Å². The molecule has 1 heterocycles. The largest absolute Gasteiger partial charge is 0.361 e. The number of H-pyrrole nitrogens is 1. The van der Waals surface area contributed by atoms with Gasteiger partial charge in [0.1, 0.15) is 6.04 Å². The summed E-state index contributed by atoms with van der Waals surface area (Å²) < 4.78 is 0. The molecule has 0 aliphatic heterocycles. The molecule has 1 atom stereocenters. The molecule has 27 heavy (non-hydrogen) atoms. The molecular formula is C22H25N3O2. The Morgan fingerprint density at radius 2 is 1.67 bits per heavy atom. The summed E-state index contributed by atoms with van der Waals surface area (Å²) in [5.74, 6) is -0.495. The van der Waals surface area contributed by atoms with Gasteiger partial charge in [-0.3, -0.25) is 9.59 Å². The summed E-state index contributed by atoms with van der Waals surface area (Å²) in [6.07, 6.45) is 2.34. The molecule has 0 aliphatic carbocycles. The molecule has 3 rings (SSSR count). The summed E-state index contributed by atoms with van der Waals surface area (Å²) in [6.45, 7) is 4.07. The van der Waals surface area contributed by atoms with Crippen LogP contribution in [0.4, 0.5) is 0 Å². The van der Waals surface area contributed by atoms with Gasteiger partial charge in [-0.25, -0.2) is 0 Å². The Morgan fingerprint density at radius 3 is 2.41 bits per heavy atom. The quantitative estimate of drug-likeness (QED) is 0.603. The van der Waals surface area contributed by atoms with Crippen LogP contribution in [0.1, 0.15) is 25.0 Å². The van der Waals surface area contributed by atoms with Gasteiger partial charge in [-0.05, 0) is 17.2 Å². The number of aromatic amines is 1. The fourth-order valence-corrected chi connectivity index (χ4v) is 2.98. The topological polar surface area (TPSA) is 74.0 Å². The van der Waals surface area contributed by atoms with Crippen LogP contribution < -0.4 is 10.6 Å². The minimum atomic E-state index is -0.622. The highest BCUT2D eigenvalue weighted by Crippen LogP contribution is 2.19. The minimum Gasteiger partial charge on any atom is -0.361 e. The number of carbonyl (C=O) groups excluding carboxylic acids is 2. The molecule has 2 amide bonds. The van der Waals surface area contributed by atoms with Gasteiger partial charge < -0.3 is 15.6 Å². The molecule has 140 valence electrons. The molecule has 0 spiro atoms. The van der Waals surface area contributed by atoms with Crippen LogP contribution >= 0.6 is 0 Å². The fraction of sp³-hybridized carbons (Fsp3) is 0.273. The number of para-hydroxylation sites is 1. The van der Waals surface area contributed by atoms with Crippen molar-refractivity contribution in [2.45, 2.75) is 32.9 Å². The molecule has 0 saturated carbocycles. The van der Waals surface area contributed by atoms with Gasteiger partial charge in [-0.2, -0.15) is 0 Å². The predicted octanol–water partition coefficient (Wildman–Crippen LogP) is 3.17. The lowest BCUT2D eigenvalue weighted by atomic mass is 10.0. The van der Waals surface area contributed by atoms with Gasteiger partial charge in [0, 0.05) is 36.0 Å². The molecule has 5 nitrogen and oxygen atoms in total. The zero-order valence-electron chi connectivity index (χ0n) is 15.7. The predicted molar refractivity (Wildman–Crippen MR) is 107 cm³/mol. The highest BCUT2D eigenvalue weighted by Gasteiger charge is 2.23. The van der Waals surface area contributed by atoms with Crippen molar-refractivity contribution in [3.05, 3.63) is 71.9 Å². The standard InChI is InChI=1S/C22H25N3O2/c1-15(2)21(26)25-20(22(27)24-13-16-8-4-3-5-9-16)12-17-14-23-19-11-7-6-10-18(17)19/h3-11,14-15,20,23H,12-13H2,1-2H3,(H,24,27)(H,25,26). The van der Waals surface area contributed by atoms with Crippen molar-refractivity contribution in [1.29, 1.82) is 0 Å². The van der Waals surface area contributed by atoms with Gasteiger partial charge in [-0.15, -0.1) is 0 Å². The van der Waals surface area contributed by atoms with Crippen molar-refractivity contribution < 1.29 is 9.59 Å². The average Bonchev–Trinajstić information content (AvgIpc) is 3.09. The molecule has 2 aromatic carbocycles. The molecule has 0 saturated heterocycles. The lowest BCUT2D eigenvalue weighted by Gasteiger charge is -2.19. The maximum absolute atomic E-state index is 12.8. The summed E-state index contributed by atoms with van der Waals surface area (Å²) >= 11 is 0. The third-order valence-corrected chi connectivity index (χ3v) is 4.57. The average molecular weight is 363 g/mol. The molecule has 0 radical (unpaired) electrons. The lowest BCUT2D eigenvalue weighted by Crippen LogP contribution is -2.48. The van der Waals surface area contributed by atoms with Gasteiger partial charge in [-0.1, -0.05) is 62.4 Å². The SMILES string of the molecule is CC(C)C(=O)NC(Cc1c[nH]c2ccccc12)C(=O)NCc1ccccc1. The molecule has 0 aliphatic rings. The number of aromatic nitrogens is 1. The first-order valence-electron chi connectivity index (χ1n) is 9.21. The van der Waals surface area contributed by atoms with Gasteiger partial charge in [0.15, 0.2) is 0 Å². The summed E-state index contributed by atoms with van der Waals surface area (Å²) in [4.78, 5) is 28.2. The van der Waals surface area contributed by atoms with E-state index >= 15 is 0 Å². The Kier molecular flexibility index (Phi) is 5.91. The number of benzene rings is 2. The Hall–Kier alpha value is -3.08. The first-order chi connectivity index (χ1) is 13.0. The molecule has 0 fully saturated rings. The van der Waals surface area contributed by atoms with Crippen LogP contribution in [-0.4, -0.2) is 22.8 Å². The van der Waals surface area contributed by atoms with Crippen LogP contribution in [0.2, 0.25) is 0 Å². The molecule has 1 unspecified atom stereocenters. The molecule has 3 aromatic rings. The normalized spacial score (nSPS) is 12.1. The third kappa shape index (κ3) is 4.76. The van der Waals surface area contributed by atoms with E-state index in [1.165, 1.54) is 0 Å². The number of hydrogen-bond donors (Lipinski definition) is 3. The summed E-state index contributed by atoms with van der Waals surface area (Å²) in [5.41, 5.74) is 3.05. The molecular weight excluding hydrogens is 338 g/mol. The number of fused-ring (bicyclic) bond motifs is 1. The van der Waals surface area contributed by atoms with Crippen LogP contribution in [0.5, 0.6) is 0 Å². The first kappa shape index (κ1) is 18.7. The van der Waals surface area contributed by atoms with E-state index in [0.29, 0.717) is 13.0 Å². The van der Waals surface area contributed by atoms with Crippen molar-refractivity contribution in [3.8, 4) is 0 Å². The summed E-state index contributed by atoms with van der Waals surface area (Å²) in [7, 11) is 0. The fourth-order valence-electron chi connectivity index (χ4n) is 2.98. The zero-order valence-corrected chi connectivity index (χ0v) is 15.7. The molecule has 3 N–H and O–H groups in total. The van der Waals surface area contributed by atoms with Gasteiger partial charge in [0.25, 0.3) is 0 Å². The maximum atomic E-state index is 12.8. The minimum absolute atomic E-state index is 0.130. The maximum Gasteiger partial charge on any atom is 0.243 e. The Bertz CT molecular complexity index is 915. The highest BCUT2D eigenvalue weighted by atomic mass is 16.2. The molecule has 5 heteroatoms. The van der Waals surface area contributed by atoms with Gasteiger partial charge >= 0.3 is 0 Å². The highest BCUT2D eigenvalue weighted by molar-refractivity contribution is 5.90. The third-order valence-electron chi connectivity index (χ3n) is 4.57. The van der Waals surface area contributed by atoms with Crippen LogP contribution in [0.3, 0.4) is 0 Å². The van der Waals surface area contributed by atoms with Crippen LogP contribution in [0.25, 0.3) is 10.9 Å². The second-order valence-corrected chi connectivity index (χ2v) is 6.98. The second kappa shape index (κ2) is 8.54.